The van der Waals surface area contributed by atoms with Crippen molar-refractivity contribution in [3.05, 3.63) is 0 Å². The predicted octanol–water partition coefficient (Wildman–Crippen LogP) is 2.02. The van der Waals surface area contributed by atoms with Gasteiger partial charge >= 0.3 is 6.09 Å². The van der Waals surface area contributed by atoms with Crippen molar-refractivity contribution in [2.45, 2.75) is 46.1 Å². The van der Waals surface area contributed by atoms with Gasteiger partial charge in [0.15, 0.2) is 0 Å². The van der Waals surface area contributed by atoms with Crippen LogP contribution in [0.15, 0.2) is 0 Å². The first kappa shape index (κ1) is 14.8. The van der Waals surface area contributed by atoms with Gasteiger partial charge in [-0.15, -0.1) is 0 Å². The average Bonchev–Trinajstić information content (AvgIpc) is 2.29. The van der Waals surface area contributed by atoms with Crippen LogP contribution in [-0.4, -0.2) is 52.1 Å². The second-order valence-corrected chi connectivity index (χ2v) is 5.46. The monoisotopic (exact) mass is 256 g/mol. The molecule has 1 fully saturated rings. The van der Waals surface area contributed by atoms with Gasteiger partial charge in [0.05, 0.1) is 0 Å². The van der Waals surface area contributed by atoms with Crippen LogP contribution in [0.4, 0.5) is 4.79 Å². The number of amides is 2. The number of carbonyl (C=O) groups is 2. The Morgan fingerprint density at radius 1 is 1.33 bits per heavy atom. The molecule has 104 valence electrons. The number of piperidine rings is 1. The minimum atomic E-state index is -0.842. The minimum Gasteiger partial charge on any atom is -0.465 e. The van der Waals surface area contributed by atoms with Crippen LogP contribution in [0.25, 0.3) is 0 Å². The summed E-state index contributed by atoms with van der Waals surface area (Å²) in [6.45, 7) is 9.57. The van der Waals surface area contributed by atoms with Crippen LogP contribution in [-0.2, 0) is 4.79 Å². The fourth-order valence-electron chi connectivity index (χ4n) is 3.03. The van der Waals surface area contributed by atoms with E-state index in [1.54, 1.807) is 6.92 Å². The highest BCUT2D eigenvalue weighted by Crippen LogP contribution is 2.32. The van der Waals surface area contributed by atoms with Gasteiger partial charge in [-0.3, -0.25) is 4.79 Å². The first-order chi connectivity index (χ1) is 8.30. The van der Waals surface area contributed by atoms with Crippen molar-refractivity contribution < 1.29 is 14.7 Å². The Morgan fingerprint density at radius 2 is 1.83 bits per heavy atom. The minimum absolute atomic E-state index is 0.0863. The molecule has 1 aliphatic rings. The molecular weight excluding hydrogens is 232 g/mol. The fourth-order valence-corrected chi connectivity index (χ4v) is 3.03. The second kappa shape index (κ2) is 5.59. The SMILES string of the molecule is CCN(C(C)=O)C(C)(C)C1CCN(C(=O)O)CC1. The van der Waals surface area contributed by atoms with E-state index >= 15 is 0 Å². The zero-order valence-electron chi connectivity index (χ0n) is 11.8. The lowest BCUT2D eigenvalue weighted by molar-refractivity contribution is -0.136. The standard InChI is InChI=1S/C13H24N2O3/c1-5-15(10(2)16)13(3,4)11-6-8-14(9-7-11)12(17)18/h11H,5-9H2,1-4H3,(H,17,18). The summed E-state index contributed by atoms with van der Waals surface area (Å²) in [7, 11) is 0. The van der Waals surface area contributed by atoms with Crippen LogP contribution in [0, 0.1) is 5.92 Å². The summed E-state index contributed by atoms with van der Waals surface area (Å²) in [6, 6.07) is 0. The summed E-state index contributed by atoms with van der Waals surface area (Å²) < 4.78 is 0. The molecule has 1 saturated heterocycles. The highest BCUT2D eigenvalue weighted by atomic mass is 16.4. The Morgan fingerprint density at radius 3 is 2.17 bits per heavy atom. The Labute approximate surface area is 109 Å². The number of rotatable bonds is 3. The van der Waals surface area contributed by atoms with Crippen LogP contribution < -0.4 is 0 Å². The van der Waals surface area contributed by atoms with Crippen molar-refractivity contribution >= 4 is 12.0 Å². The Balaban J connectivity index is 2.70. The first-order valence-electron chi connectivity index (χ1n) is 6.56. The Bertz CT molecular complexity index is 320. The molecule has 5 nitrogen and oxygen atoms in total. The molecule has 0 aromatic rings. The number of hydrogen-bond acceptors (Lipinski definition) is 2. The van der Waals surface area contributed by atoms with E-state index in [2.05, 4.69) is 13.8 Å². The van der Waals surface area contributed by atoms with Gasteiger partial charge in [-0.1, -0.05) is 0 Å². The first-order valence-corrected chi connectivity index (χ1v) is 6.56. The molecule has 1 rings (SSSR count). The van der Waals surface area contributed by atoms with Gasteiger partial charge in [-0.05, 0) is 39.5 Å². The van der Waals surface area contributed by atoms with Gasteiger partial charge in [0.25, 0.3) is 0 Å². The number of carbonyl (C=O) groups excluding carboxylic acids is 1. The van der Waals surface area contributed by atoms with Crippen LogP contribution >= 0.6 is 0 Å². The molecule has 5 heteroatoms. The van der Waals surface area contributed by atoms with E-state index in [0.717, 1.165) is 12.8 Å². The lowest BCUT2D eigenvalue weighted by atomic mass is 9.79. The van der Waals surface area contributed by atoms with E-state index in [4.69, 9.17) is 5.11 Å². The lowest BCUT2D eigenvalue weighted by Gasteiger charge is -2.46. The van der Waals surface area contributed by atoms with Crippen LogP contribution in [0.5, 0.6) is 0 Å². The number of carboxylic acid groups (broad SMARTS) is 1. The van der Waals surface area contributed by atoms with Gasteiger partial charge in [0.2, 0.25) is 5.91 Å². The maximum atomic E-state index is 11.7. The number of hydrogen-bond donors (Lipinski definition) is 1. The summed E-state index contributed by atoms with van der Waals surface area (Å²) in [6.07, 6.45) is 0.803. The second-order valence-electron chi connectivity index (χ2n) is 5.46. The fraction of sp³-hybridized carbons (Fsp3) is 0.846. The van der Waals surface area contributed by atoms with E-state index in [-0.39, 0.29) is 11.4 Å². The molecule has 0 bridgehead atoms. The third kappa shape index (κ3) is 2.94. The Hall–Kier alpha value is -1.26. The molecule has 0 spiro atoms. The van der Waals surface area contributed by atoms with Crippen molar-refractivity contribution in [3.63, 3.8) is 0 Å². The average molecular weight is 256 g/mol. The van der Waals surface area contributed by atoms with E-state index in [1.165, 1.54) is 4.90 Å². The topological polar surface area (TPSA) is 60.9 Å². The van der Waals surface area contributed by atoms with Gasteiger partial charge in [0.1, 0.15) is 0 Å². The molecule has 18 heavy (non-hydrogen) atoms. The maximum Gasteiger partial charge on any atom is 0.407 e. The third-order valence-corrected chi connectivity index (χ3v) is 4.16. The highest BCUT2D eigenvalue weighted by Gasteiger charge is 2.38. The normalized spacial score (nSPS) is 17.7. The van der Waals surface area contributed by atoms with E-state index in [0.29, 0.717) is 25.6 Å². The molecule has 0 radical (unpaired) electrons. The molecule has 1 heterocycles. The molecule has 0 aromatic carbocycles. The zero-order chi connectivity index (χ0) is 13.9. The van der Waals surface area contributed by atoms with Gasteiger partial charge < -0.3 is 14.9 Å². The Kier molecular flexibility index (Phi) is 4.59. The van der Waals surface area contributed by atoms with Crippen LogP contribution in [0.3, 0.4) is 0 Å². The molecule has 0 atom stereocenters. The molecule has 1 aliphatic heterocycles. The van der Waals surface area contributed by atoms with Crippen molar-refractivity contribution in [1.82, 2.24) is 9.80 Å². The van der Waals surface area contributed by atoms with Crippen molar-refractivity contribution in [2.24, 2.45) is 5.92 Å². The van der Waals surface area contributed by atoms with Gasteiger partial charge in [-0.25, -0.2) is 4.79 Å². The van der Waals surface area contributed by atoms with Crippen LogP contribution in [0.2, 0.25) is 0 Å². The quantitative estimate of drug-likeness (QED) is 0.840. The zero-order valence-corrected chi connectivity index (χ0v) is 11.8. The summed E-state index contributed by atoms with van der Waals surface area (Å²) in [5.74, 6) is 0.445. The lowest BCUT2D eigenvalue weighted by Crippen LogP contribution is -2.54. The summed E-state index contributed by atoms with van der Waals surface area (Å²) >= 11 is 0. The van der Waals surface area contributed by atoms with E-state index in [1.807, 2.05) is 11.8 Å². The molecule has 0 aromatic heterocycles. The van der Waals surface area contributed by atoms with Crippen molar-refractivity contribution in [2.75, 3.05) is 19.6 Å². The van der Waals surface area contributed by atoms with Gasteiger partial charge in [-0.2, -0.15) is 0 Å². The third-order valence-electron chi connectivity index (χ3n) is 4.16. The van der Waals surface area contributed by atoms with Crippen molar-refractivity contribution in [3.8, 4) is 0 Å². The molecule has 0 saturated carbocycles. The largest absolute Gasteiger partial charge is 0.465 e. The highest BCUT2D eigenvalue weighted by molar-refractivity contribution is 5.74. The van der Waals surface area contributed by atoms with E-state index < -0.39 is 6.09 Å². The summed E-state index contributed by atoms with van der Waals surface area (Å²) in [4.78, 5) is 25.9. The van der Waals surface area contributed by atoms with Crippen molar-refractivity contribution in [1.29, 1.82) is 0 Å². The molecule has 0 unspecified atom stereocenters. The molecule has 2 amide bonds. The number of likely N-dealkylation sites (tertiary alicyclic amines) is 1. The smallest absolute Gasteiger partial charge is 0.407 e. The summed E-state index contributed by atoms with van der Waals surface area (Å²) in [5.41, 5.74) is -0.203. The maximum absolute atomic E-state index is 11.7. The number of nitrogens with zero attached hydrogens (tertiary/aromatic N) is 2. The van der Waals surface area contributed by atoms with Gasteiger partial charge in [0, 0.05) is 32.1 Å². The van der Waals surface area contributed by atoms with E-state index in [9.17, 15) is 9.59 Å². The molecular formula is C13H24N2O3. The predicted molar refractivity (Wildman–Crippen MR) is 69.5 cm³/mol. The molecule has 0 aliphatic carbocycles. The molecule has 1 N–H and O–H groups in total. The van der Waals surface area contributed by atoms with Crippen LogP contribution in [0.1, 0.15) is 40.5 Å². The summed E-state index contributed by atoms with van der Waals surface area (Å²) in [5, 5.41) is 8.93.